The summed E-state index contributed by atoms with van der Waals surface area (Å²) < 4.78 is 24.5. The molecule has 0 aliphatic rings. The molecular weight excluding hydrogens is 387 g/mol. The molecule has 2 rings (SSSR count). The molecule has 6 heteroatoms. The number of methoxy groups -OCH3 is 1. The molecule has 0 saturated carbocycles. The Kier molecular flexibility index (Phi) is 6.42. The summed E-state index contributed by atoms with van der Waals surface area (Å²) in [7, 11) is 1.35. The number of carbonyl (C=O) groups excluding carboxylic acids is 1. The fourth-order valence-corrected chi connectivity index (χ4v) is 3.04. The molecule has 0 unspecified atom stereocenters. The lowest BCUT2D eigenvalue weighted by Gasteiger charge is -2.12. The van der Waals surface area contributed by atoms with E-state index in [1.54, 1.807) is 24.3 Å². The van der Waals surface area contributed by atoms with Crippen molar-refractivity contribution < 1.29 is 18.7 Å². The second-order valence-electron chi connectivity index (χ2n) is 4.84. The third kappa shape index (κ3) is 4.94. The predicted octanol–water partition coefficient (Wildman–Crippen LogP) is 4.93. The second-order valence-corrected chi connectivity index (χ2v) is 6.11. The van der Waals surface area contributed by atoms with Crippen molar-refractivity contribution >= 4 is 33.5 Å². The van der Waals surface area contributed by atoms with Crippen LogP contribution in [0.15, 0.2) is 40.9 Å². The summed E-state index contributed by atoms with van der Waals surface area (Å²) in [6.07, 6.45) is 0.785. The van der Waals surface area contributed by atoms with Gasteiger partial charge in [-0.3, -0.25) is 4.79 Å². The van der Waals surface area contributed by atoms with E-state index in [0.29, 0.717) is 27.2 Å². The molecule has 0 N–H and O–H groups in total. The zero-order valence-corrected chi connectivity index (χ0v) is 14.8. The number of ether oxygens (including phenoxy) is 2. The molecular formula is C17H15BrClFO3. The van der Waals surface area contributed by atoms with Gasteiger partial charge in [0.1, 0.15) is 12.4 Å². The quantitative estimate of drug-likeness (QED) is 0.644. The second kappa shape index (κ2) is 8.31. The molecule has 23 heavy (non-hydrogen) atoms. The van der Waals surface area contributed by atoms with Crippen molar-refractivity contribution in [2.24, 2.45) is 0 Å². The molecule has 0 fully saturated rings. The molecule has 122 valence electrons. The van der Waals surface area contributed by atoms with E-state index in [-0.39, 0.29) is 24.8 Å². The van der Waals surface area contributed by atoms with Gasteiger partial charge in [-0.15, -0.1) is 0 Å². The SMILES string of the molecule is COC(=O)CCc1cc(Cl)c(OCc2ccccc2F)c(Br)c1. The van der Waals surface area contributed by atoms with Crippen molar-refractivity contribution in [2.75, 3.05) is 7.11 Å². The van der Waals surface area contributed by atoms with E-state index in [0.717, 1.165) is 5.56 Å². The summed E-state index contributed by atoms with van der Waals surface area (Å²) >= 11 is 9.62. The number of benzene rings is 2. The van der Waals surface area contributed by atoms with Crippen LogP contribution >= 0.6 is 27.5 Å². The number of esters is 1. The summed E-state index contributed by atoms with van der Waals surface area (Å²) in [4.78, 5) is 11.2. The van der Waals surface area contributed by atoms with Gasteiger partial charge >= 0.3 is 5.97 Å². The fourth-order valence-electron chi connectivity index (χ4n) is 2.01. The minimum atomic E-state index is -0.325. The number of carbonyl (C=O) groups is 1. The van der Waals surface area contributed by atoms with Crippen LogP contribution in [0.3, 0.4) is 0 Å². The summed E-state index contributed by atoms with van der Waals surface area (Å²) in [6.45, 7) is 0.0759. The molecule has 0 aliphatic heterocycles. The third-order valence-corrected chi connectivity index (χ3v) is 4.10. The highest BCUT2D eigenvalue weighted by atomic mass is 79.9. The van der Waals surface area contributed by atoms with Crippen molar-refractivity contribution in [2.45, 2.75) is 19.4 Å². The maximum absolute atomic E-state index is 13.6. The Labute approximate surface area is 147 Å². The predicted molar refractivity (Wildman–Crippen MR) is 90.2 cm³/mol. The van der Waals surface area contributed by atoms with Crippen LogP contribution in [-0.4, -0.2) is 13.1 Å². The largest absolute Gasteiger partial charge is 0.486 e. The van der Waals surface area contributed by atoms with Gasteiger partial charge in [-0.2, -0.15) is 0 Å². The van der Waals surface area contributed by atoms with Crippen LogP contribution in [0.5, 0.6) is 5.75 Å². The van der Waals surface area contributed by atoms with Gasteiger partial charge in [-0.25, -0.2) is 4.39 Å². The van der Waals surface area contributed by atoms with Crippen molar-refractivity contribution in [1.29, 1.82) is 0 Å². The first-order chi connectivity index (χ1) is 11.0. The topological polar surface area (TPSA) is 35.5 Å². The standard InChI is InChI=1S/C17H15BrClFO3/c1-22-16(21)7-6-11-8-13(18)17(14(19)9-11)23-10-12-4-2-3-5-15(12)20/h2-5,8-9H,6-7,10H2,1H3. The van der Waals surface area contributed by atoms with E-state index in [9.17, 15) is 9.18 Å². The van der Waals surface area contributed by atoms with Crippen LogP contribution in [0.2, 0.25) is 5.02 Å². The number of hydrogen-bond donors (Lipinski definition) is 0. The van der Waals surface area contributed by atoms with Crippen LogP contribution < -0.4 is 4.74 Å². The van der Waals surface area contributed by atoms with Crippen LogP contribution in [0.1, 0.15) is 17.5 Å². The maximum Gasteiger partial charge on any atom is 0.305 e. The number of halogens is 3. The van der Waals surface area contributed by atoms with Gasteiger partial charge in [0, 0.05) is 12.0 Å². The molecule has 2 aromatic rings. The zero-order valence-electron chi connectivity index (χ0n) is 12.4. The lowest BCUT2D eigenvalue weighted by Crippen LogP contribution is -2.03. The van der Waals surface area contributed by atoms with E-state index in [1.165, 1.54) is 13.2 Å². The lowest BCUT2D eigenvalue weighted by atomic mass is 10.1. The smallest absolute Gasteiger partial charge is 0.305 e. The van der Waals surface area contributed by atoms with Crippen molar-refractivity contribution in [1.82, 2.24) is 0 Å². The van der Waals surface area contributed by atoms with Crippen molar-refractivity contribution in [3.05, 3.63) is 62.8 Å². The van der Waals surface area contributed by atoms with Crippen molar-refractivity contribution in [3.8, 4) is 5.75 Å². The van der Waals surface area contributed by atoms with E-state index < -0.39 is 0 Å². The van der Waals surface area contributed by atoms with Gasteiger partial charge in [0.15, 0.2) is 5.75 Å². The monoisotopic (exact) mass is 400 g/mol. The Bertz CT molecular complexity index is 683. The Hall–Kier alpha value is -1.59. The first kappa shape index (κ1) is 17.8. The Morgan fingerprint density at radius 1 is 1.30 bits per heavy atom. The molecule has 2 aromatic carbocycles. The molecule has 3 nitrogen and oxygen atoms in total. The van der Waals surface area contributed by atoms with Gasteiger partial charge < -0.3 is 9.47 Å². The molecule has 0 heterocycles. The maximum atomic E-state index is 13.6. The van der Waals surface area contributed by atoms with E-state index >= 15 is 0 Å². The average Bonchev–Trinajstić information content (AvgIpc) is 2.53. The first-order valence-electron chi connectivity index (χ1n) is 6.92. The third-order valence-electron chi connectivity index (χ3n) is 3.23. The van der Waals surface area contributed by atoms with Gasteiger partial charge in [0.05, 0.1) is 16.6 Å². The van der Waals surface area contributed by atoms with Gasteiger partial charge in [-0.05, 0) is 46.1 Å². The fraction of sp³-hybridized carbons (Fsp3) is 0.235. The molecule has 0 atom stereocenters. The normalized spacial score (nSPS) is 10.4. The van der Waals surface area contributed by atoms with E-state index in [1.807, 2.05) is 6.07 Å². The number of aryl methyl sites for hydroxylation is 1. The highest BCUT2D eigenvalue weighted by molar-refractivity contribution is 9.10. The minimum absolute atomic E-state index is 0.0759. The molecule has 0 saturated heterocycles. The van der Waals surface area contributed by atoms with Gasteiger partial charge in [0.2, 0.25) is 0 Å². The molecule has 0 radical (unpaired) electrons. The Morgan fingerprint density at radius 2 is 2.04 bits per heavy atom. The summed E-state index contributed by atoms with van der Waals surface area (Å²) in [6, 6.07) is 9.96. The molecule has 0 aliphatic carbocycles. The van der Waals surface area contributed by atoms with Gasteiger partial charge in [0.25, 0.3) is 0 Å². The molecule has 0 spiro atoms. The van der Waals surface area contributed by atoms with Crippen LogP contribution in [0.4, 0.5) is 4.39 Å². The van der Waals surface area contributed by atoms with Crippen LogP contribution in [0, 0.1) is 5.82 Å². The summed E-state index contributed by atoms with van der Waals surface area (Å²) in [5.41, 5.74) is 1.33. The minimum Gasteiger partial charge on any atom is -0.486 e. The summed E-state index contributed by atoms with van der Waals surface area (Å²) in [5.74, 6) is -0.164. The Balaban J connectivity index is 2.08. The zero-order chi connectivity index (χ0) is 16.8. The highest BCUT2D eigenvalue weighted by Crippen LogP contribution is 2.35. The van der Waals surface area contributed by atoms with Crippen LogP contribution in [0.25, 0.3) is 0 Å². The molecule has 0 aromatic heterocycles. The highest BCUT2D eigenvalue weighted by Gasteiger charge is 2.12. The van der Waals surface area contributed by atoms with Crippen molar-refractivity contribution in [3.63, 3.8) is 0 Å². The summed E-state index contributed by atoms with van der Waals surface area (Å²) in [5, 5.41) is 0.399. The molecule has 0 bridgehead atoms. The number of hydrogen-bond acceptors (Lipinski definition) is 3. The van der Waals surface area contributed by atoms with E-state index in [4.69, 9.17) is 16.3 Å². The Morgan fingerprint density at radius 3 is 2.70 bits per heavy atom. The lowest BCUT2D eigenvalue weighted by molar-refractivity contribution is -0.140. The average molecular weight is 402 g/mol. The number of rotatable bonds is 6. The van der Waals surface area contributed by atoms with Gasteiger partial charge in [-0.1, -0.05) is 29.8 Å². The molecule has 0 amide bonds. The van der Waals surface area contributed by atoms with E-state index in [2.05, 4.69) is 20.7 Å². The first-order valence-corrected chi connectivity index (χ1v) is 8.09. The van der Waals surface area contributed by atoms with Crippen LogP contribution in [-0.2, 0) is 22.6 Å².